The van der Waals surface area contributed by atoms with Gasteiger partial charge in [-0.1, -0.05) is 0 Å². The number of furan rings is 1. The van der Waals surface area contributed by atoms with Crippen LogP contribution in [-0.2, 0) is 9.53 Å². The topological polar surface area (TPSA) is 74.9 Å². The first-order chi connectivity index (χ1) is 11.1. The highest BCUT2D eigenvalue weighted by Gasteiger charge is 2.39. The normalized spacial score (nSPS) is 22.9. The quantitative estimate of drug-likeness (QED) is 0.857. The number of morpholine rings is 1. The molecule has 1 aliphatic carbocycles. The van der Waals surface area contributed by atoms with E-state index in [0.717, 1.165) is 37.5 Å². The molecule has 1 saturated heterocycles. The van der Waals surface area contributed by atoms with E-state index >= 15 is 0 Å². The molecule has 1 aliphatic heterocycles. The summed E-state index contributed by atoms with van der Waals surface area (Å²) in [5.74, 6) is 1.46. The molecule has 6 nitrogen and oxygen atoms in total. The second-order valence-electron chi connectivity index (χ2n) is 6.56. The van der Waals surface area contributed by atoms with Crippen molar-refractivity contribution in [2.45, 2.75) is 44.2 Å². The summed E-state index contributed by atoms with van der Waals surface area (Å²) in [6.45, 7) is 5.35. The average Bonchev–Trinajstić information content (AvgIpc) is 3.18. The summed E-state index contributed by atoms with van der Waals surface area (Å²) in [4.78, 5) is 14.6. The molecular weight excluding hydrogens is 296 g/mol. The zero-order valence-electron chi connectivity index (χ0n) is 13.7. The molecule has 3 rings (SSSR count). The minimum atomic E-state index is -1.19. The van der Waals surface area contributed by atoms with Gasteiger partial charge in [-0.3, -0.25) is 9.69 Å². The van der Waals surface area contributed by atoms with Crippen molar-refractivity contribution in [1.29, 1.82) is 0 Å². The lowest BCUT2D eigenvalue weighted by Crippen LogP contribution is -2.49. The fourth-order valence-corrected chi connectivity index (χ4v) is 3.47. The van der Waals surface area contributed by atoms with Crippen LogP contribution in [0.5, 0.6) is 0 Å². The number of amides is 1. The van der Waals surface area contributed by atoms with Gasteiger partial charge in [0.05, 0.1) is 19.3 Å². The molecule has 0 bridgehead atoms. The average molecular weight is 322 g/mol. The third kappa shape index (κ3) is 3.76. The molecule has 0 spiro atoms. The van der Waals surface area contributed by atoms with Crippen LogP contribution in [0, 0.1) is 6.92 Å². The Morgan fingerprint density at radius 3 is 2.65 bits per heavy atom. The smallest absolute Gasteiger partial charge is 0.252 e. The number of rotatable bonds is 5. The molecule has 1 unspecified atom stereocenters. The Bertz CT molecular complexity index is 530. The monoisotopic (exact) mass is 322 g/mol. The van der Waals surface area contributed by atoms with Gasteiger partial charge in [-0.25, -0.2) is 0 Å². The van der Waals surface area contributed by atoms with Crippen molar-refractivity contribution in [3.63, 3.8) is 0 Å². The number of hydrogen-bond donors (Lipinski definition) is 2. The van der Waals surface area contributed by atoms with Crippen LogP contribution in [0.4, 0.5) is 0 Å². The summed E-state index contributed by atoms with van der Waals surface area (Å²) in [7, 11) is 0. The van der Waals surface area contributed by atoms with E-state index in [9.17, 15) is 9.90 Å². The van der Waals surface area contributed by atoms with Crippen LogP contribution in [0.2, 0.25) is 0 Å². The second-order valence-corrected chi connectivity index (χ2v) is 6.56. The van der Waals surface area contributed by atoms with Gasteiger partial charge in [0.1, 0.15) is 17.1 Å². The van der Waals surface area contributed by atoms with Crippen LogP contribution in [-0.4, -0.2) is 54.4 Å². The van der Waals surface area contributed by atoms with Crippen LogP contribution in [0.15, 0.2) is 16.5 Å². The number of nitrogens with one attached hydrogen (secondary N) is 1. The zero-order chi connectivity index (χ0) is 16.3. The van der Waals surface area contributed by atoms with Crippen molar-refractivity contribution in [2.75, 3.05) is 32.8 Å². The number of carbonyl (C=O) groups excluding carboxylic acids is 1. The van der Waals surface area contributed by atoms with E-state index in [1.54, 1.807) is 0 Å². The highest BCUT2D eigenvalue weighted by Crippen LogP contribution is 2.30. The molecule has 1 aromatic heterocycles. The van der Waals surface area contributed by atoms with Crippen molar-refractivity contribution in [3.8, 4) is 0 Å². The molecular formula is C17H26N2O4. The Labute approximate surface area is 136 Å². The summed E-state index contributed by atoms with van der Waals surface area (Å²) in [6, 6.07) is 3.88. The fraction of sp³-hybridized carbons (Fsp3) is 0.706. The van der Waals surface area contributed by atoms with E-state index in [-0.39, 0.29) is 11.9 Å². The lowest BCUT2D eigenvalue weighted by atomic mass is 10.0. The van der Waals surface area contributed by atoms with Gasteiger partial charge in [0.25, 0.3) is 5.91 Å². The molecule has 1 amide bonds. The molecule has 1 aromatic rings. The van der Waals surface area contributed by atoms with Crippen molar-refractivity contribution in [2.24, 2.45) is 0 Å². The zero-order valence-corrected chi connectivity index (χ0v) is 13.7. The minimum absolute atomic E-state index is 0.0263. The SMILES string of the molecule is Cc1ccc(C(CNC(=O)C2(O)CCCC2)N2CCOCC2)o1. The van der Waals surface area contributed by atoms with E-state index in [0.29, 0.717) is 32.6 Å². The van der Waals surface area contributed by atoms with Crippen LogP contribution in [0.1, 0.15) is 43.2 Å². The first-order valence-electron chi connectivity index (χ1n) is 8.47. The predicted molar refractivity (Wildman–Crippen MR) is 85.0 cm³/mol. The van der Waals surface area contributed by atoms with Crippen LogP contribution < -0.4 is 5.32 Å². The predicted octanol–water partition coefficient (Wildman–Crippen LogP) is 1.38. The molecule has 2 heterocycles. The highest BCUT2D eigenvalue weighted by atomic mass is 16.5. The van der Waals surface area contributed by atoms with Gasteiger partial charge in [0, 0.05) is 19.6 Å². The van der Waals surface area contributed by atoms with Gasteiger partial charge in [0.15, 0.2) is 0 Å². The highest BCUT2D eigenvalue weighted by molar-refractivity contribution is 5.85. The maximum absolute atomic E-state index is 12.4. The van der Waals surface area contributed by atoms with Crippen LogP contribution in [0.25, 0.3) is 0 Å². The second kappa shape index (κ2) is 7.03. The largest absolute Gasteiger partial charge is 0.465 e. The summed E-state index contributed by atoms with van der Waals surface area (Å²) >= 11 is 0. The molecule has 2 N–H and O–H groups in total. The maximum Gasteiger partial charge on any atom is 0.252 e. The van der Waals surface area contributed by atoms with Crippen LogP contribution >= 0.6 is 0 Å². The van der Waals surface area contributed by atoms with Crippen LogP contribution in [0.3, 0.4) is 0 Å². The van der Waals surface area contributed by atoms with Crippen molar-refractivity contribution in [1.82, 2.24) is 10.2 Å². The number of carbonyl (C=O) groups is 1. The summed E-state index contributed by atoms with van der Waals surface area (Å²) in [5, 5.41) is 13.3. The van der Waals surface area contributed by atoms with Crippen molar-refractivity contribution in [3.05, 3.63) is 23.7 Å². The Balaban J connectivity index is 1.67. The Morgan fingerprint density at radius 1 is 1.35 bits per heavy atom. The Hall–Kier alpha value is -1.37. The first kappa shape index (κ1) is 16.5. The number of hydrogen-bond acceptors (Lipinski definition) is 5. The van der Waals surface area contributed by atoms with Crippen molar-refractivity contribution < 1.29 is 19.1 Å². The Morgan fingerprint density at radius 2 is 2.04 bits per heavy atom. The number of ether oxygens (including phenoxy) is 1. The van der Waals surface area contributed by atoms with E-state index in [1.807, 2.05) is 19.1 Å². The summed E-state index contributed by atoms with van der Waals surface area (Å²) in [5.41, 5.74) is -1.19. The first-order valence-corrected chi connectivity index (χ1v) is 8.47. The van der Waals surface area contributed by atoms with E-state index in [2.05, 4.69) is 10.2 Å². The van der Waals surface area contributed by atoms with Gasteiger partial charge in [-0.15, -0.1) is 0 Å². The number of aryl methyl sites for hydroxylation is 1. The molecule has 0 radical (unpaired) electrons. The molecule has 2 aliphatic rings. The molecule has 1 atom stereocenters. The summed E-state index contributed by atoms with van der Waals surface area (Å²) in [6.07, 6.45) is 2.93. The molecule has 128 valence electrons. The van der Waals surface area contributed by atoms with Gasteiger partial charge in [0.2, 0.25) is 0 Å². The molecule has 1 saturated carbocycles. The third-order valence-corrected chi connectivity index (χ3v) is 4.89. The Kier molecular flexibility index (Phi) is 5.04. The minimum Gasteiger partial charge on any atom is -0.465 e. The van der Waals surface area contributed by atoms with Gasteiger partial charge in [-0.05, 0) is 44.7 Å². The maximum atomic E-state index is 12.4. The molecule has 0 aromatic carbocycles. The fourth-order valence-electron chi connectivity index (χ4n) is 3.47. The van der Waals surface area contributed by atoms with Gasteiger partial charge in [-0.2, -0.15) is 0 Å². The lowest BCUT2D eigenvalue weighted by molar-refractivity contribution is -0.139. The van der Waals surface area contributed by atoms with E-state index in [4.69, 9.17) is 9.15 Å². The van der Waals surface area contributed by atoms with E-state index < -0.39 is 5.60 Å². The standard InChI is InChI=1S/C17H26N2O4/c1-13-4-5-15(23-13)14(19-8-10-22-11-9-19)12-18-16(20)17(21)6-2-3-7-17/h4-5,14,21H,2-3,6-12H2,1H3,(H,18,20). The van der Waals surface area contributed by atoms with Crippen molar-refractivity contribution >= 4 is 5.91 Å². The molecule has 2 fully saturated rings. The molecule has 6 heteroatoms. The number of aliphatic hydroxyl groups is 1. The van der Waals surface area contributed by atoms with E-state index in [1.165, 1.54) is 0 Å². The lowest BCUT2D eigenvalue weighted by Gasteiger charge is -2.34. The van der Waals surface area contributed by atoms with Gasteiger partial charge >= 0.3 is 0 Å². The summed E-state index contributed by atoms with van der Waals surface area (Å²) < 4.78 is 11.2. The van der Waals surface area contributed by atoms with Gasteiger partial charge < -0.3 is 19.6 Å². The third-order valence-electron chi connectivity index (χ3n) is 4.89. The molecule has 23 heavy (non-hydrogen) atoms. The number of nitrogens with zero attached hydrogens (tertiary/aromatic N) is 1.